The van der Waals surface area contributed by atoms with Crippen molar-refractivity contribution in [1.82, 2.24) is 0 Å². The van der Waals surface area contributed by atoms with Crippen molar-refractivity contribution in [2.45, 2.75) is 97.8 Å². The van der Waals surface area contributed by atoms with Gasteiger partial charge in [-0.3, -0.25) is 0 Å². The molecule has 0 aliphatic heterocycles. The lowest BCUT2D eigenvalue weighted by molar-refractivity contribution is 0.504. The maximum atomic E-state index is 2.90. The van der Waals surface area contributed by atoms with Crippen LogP contribution in [0.4, 0.5) is 0 Å². The smallest absolute Gasteiger partial charge is 0.0107 e. The van der Waals surface area contributed by atoms with Crippen molar-refractivity contribution in [2.75, 3.05) is 0 Å². The zero-order chi connectivity index (χ0) is 20.7. The molecule has 3 rings (SSSR count). The molecule has 2 aromatic rings. The van der Waals surface area contributed by atoms with Crippen LogP contribution in [0, 0.1) is 0 Å². The van der Waals surface area contributed by atoms with Gasteiger partial charge in [-0.25, -0.2) is 0 Å². The molecule has 0 bridgehead atoms. The van der Waals surface area contributed by atoms with Crippen LogP contribution in [0.5, 0.6) is 0 Å². The van der Waals surface area contributed by atoms with Crippen molar-refractivity contribution in [3.05, 3.63) is 53.1 Å². The Kier molecular flexibility index (Phi) is 9.23. The van der Waals surface area contributed by atoms with E-state index in [-0.39, 0.29) is 0 Å². The fraction of sp³-hybridized carbons (Fsp3) is 0.556. The molecular weight excluding hydrogens is 355 g/mol. The average Bonchev–Trinajstić information content (AvgIpc) is 2.69. The van der Waals surface area contributed by atoms with E-state index in [0.29, 0.717) is 17.8 Å². The Bertz CT molecular complexity index is 695. The van der Waals surface area contributed by atoms with Gasteiger partial charge >= 0.3 is 0 Å². The Morgan fingerprint density at radius 1 is 0.643 bits per heavy atom. The van der Waals surface area contributed by atoms with Crippen LogP contribution in [0.3, 0.4) is 0 Å². The molecule has 0 amide bonds. The van der Waals surface area contributed by atoms with E-state index in [4.69, 9.17) is 0 Å². The van der Waals surface area contributed by atoms with E-state index < -0.39 is 0 Å². The van der Waals surface area contributed by atoms with E-state index in [0.717, 1.165) is 0 Å². The maximum absolute atomic E-state index is 2.90. The topological polar surface area (TPSA) is 0 Å². The van der Waals surface area contributed by atoms with Crippen molar-refractivity contribution >= 4 is 14.5 Å². The lowest BCUT2D eigenvalue weighted by Gasteiger charge is -2.24. The third-order valence-electron chi connectivity index (χ3n) is 5.86. The van der Waals surface area contributed by atoms with Crippen molar-refractivity contribution in [2.24, 2.45) is 0 Å². The summed E-state index contributed by atoms with van der Waals surface area (Å²) >= 11 is 0. The van der Waals surface area contributed by atoms with E-state index in [1.54, 1.807) is 0 Å². The first-order valence-electron chi connectivity index (χ1n) is 11.4. The fourth-order valence-corrected chi connectivity index (χ4v) is 4.40. The summed E-state index contributed by atoms with van der Waals surface area (Å²) in [7, 11) is 2.90. The van der Waals surface area contributed by atoms with Crippen LogP contribution in [-0.4, -0.2) is 0 Å². The van der Waals surface area contributed by atoms with Crippen LogP contribution < -0.4 is 5.30 Å². The van der Waals surface area contributed by atoms with Gasteiger partial charge in [0.1, 0.15) is 0 Å². The van der Waals surface area contributed by atoms with Crippen LogP contribution in [0.1, 0.15) is 115 Å². The zero-order valence-electron chi connectivity index (χ0n) is 19.0. The predicted molar refractivity (Wildman–Crippen MR) is 131 cm³/mol. The fourth-order valence-electron chi connectivity index (χ4n) is 4.05. The summed E-state index contributed by atoms with van der Waals surface area (Å²) in [5.41, 5.74) is 7.21. The molecule has 1 heteroatoms. The van der Waals surface area contributed by atoms with Gasteiger partial charge in [-0.15, -0.1) is 9.24 Å². The first-order valence-corrected chi connectivity index (χ1v) is 11.9. The molecule has 0 radical (unpaired) electrons. The largest absolute Gasteiger partial charge is 0.105 e. The lowest BCUT2D eigenvalue weighted by Crippen LogP contribution is -2.07. The molecule has 1 saturated carbocycles. The monoisotopic (exact) mass is 396 g/mol. The summed E-state index contributed by atoms with van der Waals surface area (Å²) in [4.78, 5) is 0. The highest BCUT2D eigenvalue weighted by Crippen LogP contribution is 2.38. The minimum atomic E-state index is 0.524. The molecule has 0 spiro atoms. The van der Waals surface area contributed by atoms with Crippen LogP contribution in [-0.2, 0) is 0 Å². The second-order valence-corrected chi connectivity index (χ2v) is 9.87. The standard InChI is InChI=1S/C21H29P.C6H12/c1-13(2)16-11-18(14(3)4)21(19(12-16)15(5)6)17-9-7-8-10-20(17)22;1-2-4-6-5-3-1/h7-15H,22H2,1-6H3;1-6H2. The molecular formula is C27H41P. The summed E-state index contributed by atoms with van der Waals surface area (Å²) in [6.07, 6.45) is 9.00. The Morgan fingerprint density at radius 3 is 1.43 bits per heavy atom. The number of benzene rings is 2. The highest BCUT2D eigenvalue weighted by molar-refractivity contribution is 7.28. The Labute approximate surface area is 176 Å². The van der Waals surface area contributed by atoms with E-state index in [1.165, 1.54) is 71.6 Å². The molecule has 1 atom stereocenters. The number of rotatable bonds is 4. The second kappa shape index (κ2) is 11.2. The van der Waals surface area contributed by atoms with Crippen LogP contribution in [0.2, 0.25) is 0 Å². The molecule has 1 fully saturated rings. The second-order valence-electron chi connectivity index (χ2n) is 9.25. The van der Waals surface area contributed by atoms with E-state index in [1.807, 2.05) is 0 Å². The van der Waals surface area contributed by atoms with Crippen molar-refractivity contribution in [3.8, 4) is 11.1 Å². The van der Waals surface area contributed by atoms with E-state index >= 15 is 0 Å². The molecule has 1 aliphatic rings. The molecule has 0 nitrogen and oxygen atoms in total. The van der Waals surface area contributed by atoms with E-state index in [2.05, 4.69) is 87.2 Å². The third kappa shape index (κ3) is 6.18. The van der Waals surface area contributed by atoms with Gasteiger partial charge in [0.25, 0.3) is 0 Å². The van der Waals surface area contributed by atoms with Crippen LogP contribution >= 0.6 is 9.24 Å². The molecule has 1 aliphatic carbocycles. The molecule has 0 aromatic heterocycles. The van der Waals surface area contributed by atoms with Gasteiger partial charge < -0.3 is 0 Å². The van der Waals surface area contributed by atoms with Gasteiger partial charge in [0.15, 0.2) is 0 Å². The van der Waals surface area contributed by atoms with Crippen molar-refractivity contribution in [3.63, 3.8) is 0 Å². The van der Waals surface area contributed by atoms with Gasteiger partial charge in [0.05, 0.1) is 0 Å². The molecule has 1 unspecified atom stereocenters. The van der Waals surface area contributed by atoms with Crippen molar-refractivity contribution < 1.29 is 0 Å². The Morgan fingerprint density at radius 2 is 1.07 bits per heavy atom. The minimum absolute atomic E-state index is 0.524. The molecule has 2 aromatic carbocycles. The highest BCUT2D eigenvalue weighted by Gasteiger charge is 2.19. The van der Waals surface area contributed by atoms with Gasteiger partial charge in [-0.1, -0.05) is 116 Å². The zero-order valence-corrected chi connectivity index (χ0v) is 20.2. The van der Waals surface area contributed by atoms with Gasteiger partial charge in [-0.2, -0.15) is 0 Å². The summed E-state index contributed by atoms with van der Waals surface area (Å²) in [6, 6.07) is 13.5. The normalized spacial score (nSPS) is 14.4. The highest BCUT2D eigenvalue weighted by atomic mass is 31.0. The predicted octanol–water partition coefficient (Wildman–Crippen LogP) is 8.56. The van der Waals surface area contributed by atoms with Gasteiger partial charge in [-0.05, 0) is 50.9 Å². The van der Waals surface area contributed by atoms with Crippen LogP contribution in [0.25, 0.3) is 11.1 Å². The summed E-state index contributed by atoms with van der Waals surface area (Å²) in [5.74, 6) is 1.61. The van der Waals surface area contributed by atoms with Gasteiger partial charge in [0, 0.05) is 0 Å². The van der Waals surface area contributed by atoms with Gasteiger partial charge in [0.2, 0.25) is 0 Å². The lowest BCUT2D eigenvalue weighted by atomic mass is 9.82. The number of hydrogen-bond donors (Lipinski definition) is 0. The molecule has 0 heterocycles. The SMILES string of the molecule is C1CCCCC1.CC(C)c1cc(C(C)C)c(-c2ccccc2P)c(C(C)C)c1. The third-order valence-corrected chi connectivity index (χ3v) is 6.37. The van der Waals surface area contributed by atoms with Crippen molar-refractivity contribution in [1.29, 1.82) is 0 Å². The average molecular weight is 397 g/mol. The minimum Gasteiger partial charge on any atom is -0.105 e. The molecule has 0 saturated heterocycles. The number of hydrogen-bond acceptors (Lipinski definition) is 0. The molecule has 154 valence electrons. The van der Waals surface area contributed by atoms with Crippen LogP contribution in [0.15, 0.2) is 36.4 Å². The summed E-state index contributed by atoms with van der Waals surface area (Å²) in [5, 5.41) is 1.28. The molecule has 28 heavy (non-hydrogen) atoms. The van der Waals surface area contributed by atoms with E-state index in [9.17, 15) is 0 Å². The molecule has 0 N–H and O–H groups in total. The summed E-state index contributed by atoms with van der Waals surface area (Å²) in [6.45, 7) is 13.8. The first-order chi connectivity index (χ1) is 13.3. The summed E-state index contributed by atoms with van der Waals surface area (Å²) < 4.78 is 0. The quantitative estimate of drug-likeness (QED) is 0.454. The maximum Gasteiger partial charge on any atom is -0.0107 e. The Balaban J connectivity index is 0.000000397. The first kappa shape index (κ1) is 23.2. The Hall–Kier alpha value is -1.13.